The Hall–Kier alpha value is -1.10. The van der Waals surface area contributed by atoms with Gasteiger partial charge < -0.3 is 24.8 Å². The molecule has 8 nitrogen and oxygen atoms in total. The van der Waals surface area contributed by atoms with Crippen molar-refractivity contribution in [2.24, 2.45) is 0 Å². The molecule has 0 aromatic heterocycles. The van der Waals surface area contributed by atoms with Crippen molar-refractivity contribution in [1.82, 2.24) is 0 Å². The fraction of sp³-hybridized carbons (Fsp3) is 0.538. The molecule has 0 bridgehead atoms. The third kappa shape index (κ3) is 33.6. The number of nitrogens with zero attached hydrogens (tertiary/aromatic N) is 1. The molecule has 0 spiro atoms. The van der Waals surface area contributed by atoms with Gasteiger partial charge in [0.25, 0.3) is 0 Å². The summed E-state index contributed by atoms with van der Waals surface area (Å²) >= 11 is 1.06. The van der Waals surface area contributed by atoms with Gasteiger partial charge in [0, 0.05) is 12.1 Å². The molecule has 4 N–H and O–H groups in total. The normalized spacial score (nSPS) is 11.4. The summed E-state index contributed by atoms with van der Waals surface area (Å²) in [4.78, 5) is 46.6. The van der Waals surface area contributed by atoms with Crippen molar-refractivity contribution in [3.05, 3.63) is 28.9 Å². The topological polar surface area (TPSA) is 146 Å². The van der Waals surface area contributed by atoms with Gasteiger partial charge in [-0.05, 0) is 26.8 Å². The average molecular weight is 385 g/mol. The molecule has 0 aliphatic rings. The molecule has 0 aromatic carbocycles. The van der Waals surface area contributed by atoms with E-state index in [1.54, 1.807) is 6.92 Å². The number of hydrogen-bond acceptors (Lipinski definition) is 7. The molecule has 10 heteroatoms. The van der Waals surface area contributed by atoms with E-state index in [1.165, 1.54) is 32.9 Å². The maximum absolute atomic E-state index is 10.6. The van der Waals surface area contributed by atoms with Crippen LogP contribution in [0, 0.1) is 0 Å². The number of allylic oxidation sites excluding steroid dienone is 4. The van der Waals surface area contributed by atoms with Crippen LogP contribution in [-0.4, -0.2) is 46.4 Å². The quantitative estimate of drug-likeness (QED) is 0.222. The first-order chi connectivity index (χ1) is 10.4. The molecule has 0 saturated heterocycles. The molecule has 0 aromatic rings. The van der Waals surface area contributed by atoms with Crippen LogP contribution in [0.3, 0.4) is 0 Å². The van der Waals surface area contributed by atoms with E-state index in [1.807, 2.05) is 0 Å². The second-order valence-corrected chi connectivity index (χ2v) is 6.60. The van der Waals surface area contributed by atoms with Crippen molar-refractivity contribution in [3.8, 4) is 0 Å². The van der Waals surface area contributed by atoms with Gasteiger partial charge in [0.05, 0.1) is 5.76 Å². The van der Waals surface area contributed by atoms with Crippen LogP contribution in [0.25, 0.3) is 5.32 Å². The predicted octanol–water partition coefficient (Wildman–Crippen LogP) is 1.07. The molecule has 0 amide bonds. The van der Waals surface area contributed by atoms with Gasteiger partial charge in [-0.15, -0.1) is 6.54 Å². The molecule has 0 rings (SSSR count). The zero-order valence-electron chi connectivity index (χ0n) is 13.7. The Labute approximate surface area is 146 Å². The van der Waals surface area contributed by atoms with Crippen molar-refractivity contribution in [3.63, 3.8) is 0 Å². The summed E-state index contributed by atoms with van der Waals surface area (Å²) in [5.74, 6) is -0.131. The SMILES string of the molecule is CC(=O)/C=C(/C)O.CC(=O)/C=C(/C)[N-]CCC[Si](O)(O)O.[O]=[V]. The van der Waals surface area contributed by atoms with E-state index in [4.69, 9.17) is 23.2 Å². The Morgan fingerprint density at radius 3 is 1.70 bits per heavy atom. The molecule has 0 fully saturated rings. The summed E-state index contributed by atoms with van der Waals surface area (Å²) < 4.78 is 8.19. The third-order valence-corrected chi connectivity index (χ3v) is 2.88. The van der Waals surface area contributed by atoms with Crippen molar-refractivity contribution in [2.75, 3.05) is 6.54 Å². The zero-order valence-corrected chi connectivity index (χ0v) is 16.1. The Balaban J connectivity index is -0.000000373. The average Bonchev–Trinajstić information content (AvgIpc) is 2.34. The van der Waals surface area contributed by atoms with Crippen molar-refractivity contribution >= 4 is 20.4 Å². The van der Waals surface area contributed by atoms with E-state index in [2.05, 4.69) is 5.32 Å². The molecule has 23 heavy (non-hydrogen) atoms. The standard InChI is InChI=1S/C8H17NO4Si.C5H8O2.O.V/c1-7(6-8(2)10)9-4-3-5-14(11,12)13;1-4(6)3-5(2)7;;/h6,11-13H,3-5H2,1-2H3,(H,9,10);3,6H,1-2H3;;/p-1/b;4-3-;;. The number of hydrogen-bond donors (Lipinski definition) is 4. The van der Waals surface area contributed by atoms with Gasteiger partial charge in [0.15, 0.2) is 11.6 Å². The summed E-state index contributed by atoms with van der Waals surface area (Å²) in [6.07, 6.45) is 2.97. The molecule has 0 heterocycles. The Bertz CT molecular complexity index is 415. The van der Waals surface area contributed by atoms with Crippen LogP contribution >= 0.6 is 0 Å². The number of rotatable bonds is 7. The molecule has 0 aliphatic heterocycles. The van der Waals surface area contributed by atoms with Crippen LogP contribution in [0.2, 0.25) is 6.04 Å². The summed E-state index contributed by atoms with van der Waals surface area (Å²) in [5, 5.41) is 12.4. The van der Waals surface area contributed by atoms with E-state index >= 15 is 0 Å². The second kappa shape index (κ2) is 15.8. The Morgan fingerprint density at radius 1 is 1.00 bits per heavy atom. The number of aliphatic hydroxyl groups is 1. The summed E-state index contributed by atoms with van der Waals surface area (Å²) in [6, 6.07) is -0.0240. The fourth-order valence-electron chi connectivity index (χ4n) is 1.21. The number of carbonyl (C=O) groups excluding carboxylic acids is 2. The van der Waals surface area contributed by atoms with Crippen LogP contribution in [-0.2, 0) is 30.6 Å². The molecule has 0 aliphatic carbocycles. The van der Waals surface area contributed by atoms with Crippen LogP contribution in [0.4, 0.5) is 0 Å². The minimum atomic E-state index is -3.91. The van der Waals surface area contributed by atoms with Gasteiger partial charge in [-0.3, -0.25) is 9.59 Å². The molecule has 0 radical (unpaired) electrons. The molecule has 0 atom stereocenters. The first-order valence-electron chi connectivity index (χ1n) is 6.53. The molecule has 133 valence electrons. The van der Waals surface area contributed by atoms with Gasteiger partial charge in [0.1, 0.15) is 0 Å². The van der Waals surface area contributed by atoms with E-state index < -0.39 is 8.80 Å². The number of aliphatic hydroxyl groups excluding tert-OH is 1. The Kier molecular flexibility index (Phi) is 18.4. The van der Waals surface area contributed by atoms with Crippen molar-refractivity contribution in [2.45, 2.75) is 40.2 Å². The fourth-order valence-corrected chi connectivity index (χ4v) is 1.84. The van der Waals surface area contributed by atoms with Gasteiger partial charge in [-0.2, -0.15) is 5.70 Å². The maximum atomic E-state index is 10.6. The van der Waals surface area contributed by atoms with Crippen molar-refractivity contribution in [1.29, 1.82) is 0 Å². The van der Waals surface area contributed by atoms with Crippen LogP contribution in [0.5, 0.6) is 0 Å². The monoisotopic (exact) mass is 385 g/mol. The van der Waals surface area contributed by atoms with E-state index in [0.29, 0.717) is 18.7 Å². The molecular weight excluding hydrogens is 361 g/mol. The Morgan fingerprint density at radius 2 is 1.43 bits per heavy atom. The first kappa shape index (κ1) is 26.8. The van der Waals surface area contributed by atoms with Gasteiger partial charge >= 0.3 is 29.8 Å². The van der Waals surface area contributed by atoms with Crippen LogP contribution in [0.15, 0.2) is 23.6 Å². The summed E-state index contributed by atoms with van der Waals surface area (Å²) in [5.41, 5.74) is 0.610. The van der Waals surface area contributed by atoms with Crippen LogP contribution < -0.4 is 0 Å². The molecule has 0 saturated carbocycles. The molecule has 0 unspecified atom stereocenters. The third-order valence-electron chi connectivity index (χ3n) is 1.86. The van der Waals surface area contributed by atoms with E-state index in [-0.39, 0.29) is 23.4 Å². The van der Waals surface area contributed by atoms with Gasteiger partial charge in [0.2, 0.25) is 0 Å². The number of carbonyl (C=O) groups is 2. The zero-order chi connectivity index (χ0) is 19.1. The first-order valence-corrected chi connectivity index (χ1v) is 9.15. The summed E-state index contributed by atoms with van der Waals surface area (Å²) in [7, 11) is -3.91. The second-order valence-electron chi connectivity index (χ2n) is 4.55. The van der Waals surface area contributed by atoms with Gasteiger partial charge in [-0.25, -0.2) is 0 Å². The van der Waals surface area contributed by atoms with Gasteiger partial charge in [-0.1, -0.05) is 13.3 Å². The van der Waals surface area contributed by atoms with Crippen molar-refractivity contribution < 1.29 is 50.1 Å². The van der Waals surface area contributed by atoms with E-state index in [9.17, 15) is 9.59 Å². The van der Waals surface area contributed by atoms with Crippen LogP contribution in [0.1, 0.15) is 34.1 Å². The van der Waals surface area contributed by atoms with E-state index in [0.717, 1.165) is 17.4 Å². The predicted molar refractivity (Wildman–Crippen MR) is 82.3 cm³/mol. The number of ketones is 2. The summed E-state index contributed by atoms with van der Waals surface area (Å²) in [6.45, 7) is 6.36. The minimum absolute atomic E-state index is 0.0240. The molecular formula is C13H24NO7SiV-.